The number of nitrogens with zero attached hydrogens (tertiary/aromatic N) is 4. The first-order valence-electron chi connectivity index (χ1n) is 8.22. The first kappa shape index (κ1) is 16.8. The quantitative estimate of drug-likeness (QED) is 0.778. The van der Waals surface area contributed by atoms with Crippen molar-refractivity contribution in [3.8, 4) is 11.4 Å². The topological polar surface area (TPSA) is 72.7 Å². The van der Waals surface area contributed by atoms with Crippen LogP contribution >= 0.6 is 0 Å². The van der Waals surface area contributed by atoms with Gasteiger partial charge in [0.15, 0.2) is 5.82 Å². The molecule has 2 aromatic heterocycles. The minimum Gasteiger partial charge on any atom is -0.348 e. The van der Waals surface area contributed by atoms with Crippen LogP contribution in [0.4, 0.5) is 0 Å². The lowest BCUT2D eigenvalue weighted by Crippen LogP contribution is -2.36. The van der Waals surface area contributed by atoms with E-state index < -0.39 is 0 Å². The van der Waals surface area contributed by atoms with Crippen LogP contribution in [-0.4, -0.2) is 31.7 Å². The van der Waals surface area contributed by atoms with Crippen molar-refractivity contribution in [1.29, 1.82) is 0 Å². The van der Waals surface area contributed by atoms with Gasteiger partial charge in [-0.15, -0.1) is 0 Å². The average Bonchev–Trinajstić information content (AvgIpc) is 2.92. The molecule has 0 fully saturated rings. The third-order valence-corrected chi connectivity index (χ3v) is 3.88. The molecular weight excluding hydrogens is 314 g/mol. The molecule has 1 N–H and O–H groups in total. The molecule has 0 unspecified atom stereocenters. The number of benzene rings is 1. The molecule has 0 aliphatic carbocycles. The fourth-order valence-electron chi connectivity index (χ4n) is 2.72. The summed E-state index contributed by atoms with van der Waals surface area (Å²) in [5, 5.41) is 7.45. The Labute approximate surface area is 146 Å². The molecule has 1 atom stereocenters. The van der Waals surface area contributed by atoms with Crippen LogP contribution in [0.3, 0.4) is 0 Å². The van der Waals surface area contributed by atoms with E-state index in [1.807, 2.05) is 43.7 Å². The molecule has 0 bridgehead atoms. The third kappa shape index (κ3) is 4.09. The number of aromatic nitrogens is 4. The van der Waals surface area contributed by atoms with E-state index >= 15 is 0 Å². The SMILES string of the molecule is Cc1cc(C)n(C[C@H](C)NC(=O)c2cccc(-c3ncccn3)c2)n1. The molecular formula is C19H21N5O. The zero-order valence-electron chi connectivity index (χ0n) is 14.6. The number of carbonyl (C=O) groups excluding carboxylic acids is 1. The lowest BCUT2D eigenvalue weighted by Gasteiger charge is -2.15. The minimum absolute atomic E-state index is 0.0397. The molecule has 1 amide bonds. The molecule has 0 saturated heterocycles. The highest BCUT2D eigenvalue weighted by atomic mass is 16.1. The molecule has 1 aromatic carbocycles. The molecule has 0 saturated carbocycles. The normalized spacial score (nSPS) is 12.0. The Kier molecular flexibility index (Phi) is 4.88. The van der Waals surface area contributed by atoms with Gasteiger partial charge in [0, 0.05) is 35.3 Å². The zero-order valence-corrected chi connectivity index (χ0v) is 14.6. The molecule has 6 heteroatoms. The standard InChI is InChI=1S/C19H21N5O/c1-13-10-15(3)24(23-13)12-14(2)22-19(25)17-7-4-6-16(11-17)18-20-8-5-9-21-18/h4-11,14H,12H2,1-3H3,(H,22,25)/t14-/m0/s1. The highest BCUT2D eigenvalue weighted by Gasteiger charge is 2.13. The van der Waals surface area contributed by atoms with E-state index in [4.69, 9.17) is 0 Å². The summed E-state index contributed by atoms with van der Waals surface area (Å²) in [4.78, 5) is 21.0. The van der Waals surface area contributed by atoms with Gasteiger partial charge in [-0.2, -0.15) is 5.10 Å². The molecule has 3 rings (SSSR count). The Bertz CT molecular complexity index is 873. The Morgan fingerprint density at radius 2 is 1.92 bits per heavy atom. The van der Waals surface area contributed by atoms with Crippen LogP contribution in [0.5, 0.6) is 0 Å². The molecule has 6 nitrogen and oxygen atoms in total. The van der Waals surface area contributed by atoms with Crippen LogP contribution in [0.15, 0.2) is 48.8 Å². The Morgan fingerprint density at radius 1 is 1.16 bits per heavy atom. The number of nitrogens with one attached hydrogen (secondary N) is 1. The average molecular weight is 335 g/mol. The van der Waals surface area contributed by atoms with Crippen LogP contribution < -0.4 is 5.32 Å². The fraction of sp³-hybridized carbons (Fsp3) is 0.263. The number of carbonyl (C=O) groups is 1. The van der Waals surface area contributed by atoms with E-state index in [9.17, 15) is 4.79 Å². The van der Waals surface area contributed by atoms with Crippen molar-refractivity contribution in [1.82, 2.24) is 25.1 Å². The Balaban J connectivity index is 1.70. The molecule has 0 radical (unpaired) electrons. The highest BCUT2D eigenvalue weighted by molar-refractivity contribution is 5.95. The second-order valence-corrected chi connectivity index (χ2v) is 6.14. The zero-order chi connectivity index (χ0) is 17.8. The van der Waals surface area contributed by atoms with Gasteiger partial charge in [0.05, 0.1) is 12.2 Å². The second-order valence-electron chi connectivity index (χ2n) is 6.14. The summed E-state index contributed by atoms with van der Waals surface area (Å²) in [6, 6.07) is 11.1. The van der Waals surface area contributed by atoms with Gasteiger partial charge in [-0.1, -0.05) is 12.1 Å². The largest absolute Gasteiger partial charge is 0.348 e. The van der Waals surface area contributed by atoms with E-state index in [0.717, 1.165) is 17.0 Å². The van der Waals surface area contributed by atoms with E-state index in [0.29, 0.717) is 17.9 Å². The number of rotatable bonds is 5. The molecule has 128 valence electrons. The van der Waals surface area contributed by atoms with Crippen LogP contribution in [0.25, 0.3) is 11.4 Å². The van der Waals surface area contributed by atoms with E-state index in [-0.39, 0.29) is 11.9 Å². The molecule has 0 aliphatic rings. The lowest BCUT2D eigenvalue weighted by atomic mass is 10.1. The Morgan fingerprint density at radius 3 is 2.60 bits per heavy atom. The highest BCUT2D eigenvalue weighted by Crippen LogP contribution is 2.15. The summed E-state index contributed by atoms with van der Waals surface area (Å²) in [5.74, 6) is 0.486. The Hall–Kier alpha value is -3.02. The van der Waals surface area contributed by atoms with Gasteiger partial charge >= 0.3 is 0 Å². The number of hydrogen-bond donors (Lipinski definition) is 1. The van der Waals surface area contributed by atoms with Crippen molar-refractivity contribution >= 4 is 5.91 Å². The number of hydrogen-bond acceptors (Lipinski definition) is 4. The third-order valence-electron chi connectivity index (χ3n) is 3.88. The van der Waals surface area contributed by atoms with Gasteiger partial charge < -0.3 is 5.32 Å². The van der Waals surface area contributed by atoms with Gasteiger partial charge in [-0.25, -0.2) is 9.97 Å². The van der Waals surface area contributed by atoms with Crippen LogP contribution in [0, 0.1) is 13.8 Å². The maximum absolute atomic E-state index is 12.5. The van der Waals surface area contributed by atoms with Crippen molar-refractivity contribution in [3.05, 3.63) is 65.7 Å². The first-order valence-corrected chi connectivity index (χ1v) is 8.22. The van der Waals surface area contributed by atoms with Gasteiger partial charge in [0.2, 0.25) is 0 Å². The second kappa shape index (κ2) is 7.25. The van der Waals surface area contributed by atoms with Crippen LogP contribution in [0.2, 0.25) is 0 Å². The summed E-state index contributed by atoms with van der Waals surface area (Å²) < 4.78 is 1.91. The predicted octanol–water partition coefficient (Wildman–Crippen LogP) is 2.78. The molecule has 3 aromatic rings. The van der Waals surface area contributed by atoms with Crippen molar-refractivity contribution in [2.75, 3.05) is 0 Å². The summed E-state index contributed by atoms with van der Waals surface area (Å²) >= 11 is 0. The summed E-state index contributed by atoms with van der Waals surface area (Å²) in [6.45, 7) is 6.58. The monoisotopic (exact) mass is 335 g/mol. The van der Waals surface area contributed by atoms with E-state index in [2.05, 4.69) is 20.4 Å². The van der Waals surface area contributed by atoms with Gasteiger partial charge in [0.1, 0.15) is 0 Å². The maximum Gasteiger partial charge on any atom is 0.251 e. The van der Waals surface area contributed by atoms with Gasteiger partial charge in [-0.3, -0.25) is 9.48 Å². The first-order chi connectivity index (χ1) is 12.0. The minimum atomic E-state index is -0.119. The molecule has 0 spiro atoms. The fourth-order valence-corrected chi connectivity index (χ4v) is 2.72. The van der Waals surface area contributed by atoms with Crippen LogP contribution in [-0.2, 0) is 6.54 Å². The van der Waals surface area contributed by atoms with Crippen molar-refractivity contribution in [2.45, 2.75) is 33.4 Å². The molecule has 2 heterocycles. The smallest absolute Gasteiger partial charge is 0.251 e. The molecule has 25 heavy (non-hydrogen) atoms. The van der Waals surface area contributed by atoms with Gasteiger partial charge in [-0.05, 0) is 45.0 Å². The lowest BCUT2D eigenvalue weighted by molar-refractivity contribution is 0.0936. The summed E-state index contributed by atoms with van der Waals surface area (Å²) in [6.07, 6.45) is 3.37. The number of amides is 1. The van der Waals surface area contributed by atoms with Crippen molar-refractivity contribution in [2.24, 2.45) is 0 Å². The maximum atomic E-state index is 12.5. The summed E-state index contributed by atoms with van der Waals surface area (Å²) in [7, 11) is 0. The van der Waals surface area contributed by atoms with Crippen LogP contribution in [0.1, 0.15) is 28.7 Å². The van der Waals surface area contributed by atoms with Crippen molar-refractivity contribution < 1.29 is 4.79 Å². The van der Waals surface area contributed by atoms with E-state index in [1.165, 1.54) is 0 Å². The molecule has 0 aliphatic heterocycles. The predicted molar refractivity (Wildman–Crippen MR) is 96.1 cm³/mol. The van der Waals surface area contributed by atoms with Gasteiger partial charge in [0.25, 0.3) is 5.91 Å². The van der Waals surface area contributed by atoms with E-state index in [1.54, 1.807) is 30.6 Å². The summed E-state index contributed by atoms with van der Waals surface area (Å²) in [5.41, 5.74) is 3.47. The van der Waals surface area contributed by atoms with Crippen molar-refractivity contribution in [3.63, 3.8) is 0 Å². The number of aryl methyl sites for hydroxylation is 2.